The first-order chi connectivity index (χ1) is 7.74. The van der Waals surface area contributed by atoms with Gasteiger partial charge in [0.25, 0.3) is 6.43 Å². The van der Waals surface area contributed by atoms with Crippen molar-refractivity contribution in [3.05, 3.63) is 20.9 Å². The molecule has 0 unspecified atom stereocenters. The summed E-state index contributed by atoms with van der Waals surface area (Å²) in [5, 5.41) is 0. The number of pyridine rings is 1. The Bertz CT molecular complexity index is 410. The fourth-order valence-corrected chi connectivity index (χ4v) is 1.77. The van der Waals surface area contributed by atoms with Gasteiger partial charge in [-0.3, -0.25) is 0 Å². The summed E-state index contributed by atoms with van der Waals surface area (Å²) in [7, 11) is 0. The molecule has 0 aromatic carbocycles. The molecule has 0 bridgehead atoms. The SMILES string of the molecule is NCc1nc(OC(F)(F)F)cc(C(F)F)c1I. The number of nitrogens with two attached hydrogens (primary N) is 1. The molecule has 1 rings (SSSR count). The molecule has 0 aliphatic heterocycles. The van der Waals surface area contributed by atoms with Gasteiger partial charge in [0, 0.05) is 21.7 Å². The van der Waals surface area contributed by atoms with Gasteiger partial charge in [-0.1, -0.05) is 0 Å². The van der Waals surface area contributed by atoms with Crippen LogP contribution >= 0.6 is 22.6 Å². The maximum Gasteiger partial charge on any atom is 0.574 e. The van der Waals surface area contributed by atoms with Crippen molar-refractivity contribution < 1.29 is 26.7 Å². The highest BCUT2D eigenvalue weighted by Crippen LogP contribution is 2.31. The Morgan fingerprint density at radius 1 is 1.41 bits per heavy atom. The molecule has 1 aromatic rings. The minimum absolute atomic E-state index is 0.0367. The van der Waals surface area contributed by atoms with E-state index in [4.69, 9.17) is 5.73 Å². The van der Waals surface area contributed by atoms with Crippen molar-refractivity contribution in [1.82, 2.24) is 4.98 Å². The molecule has 3 nitrogen and oxygen atoms in total. The van der Waals surface area contributed by atoms with Crippen molar-refractivity contribution >= 4 is 22.6 Å². The van der Waals surface area contributed by atoms with Crippen LogP contribution in [0.1, 0.15) is 17.7 Å². The van der Waals surface area contributed by atoms with Gasteiger partial charge in [0.15, 0.2) is 0 Å². The Morgan fingerprint density at radius 2 is 2.00 bits per heavy atom. The van der Waals surface area contributed by atoms with E-state index in [2.05, 4.69) is 9.72 Å². The first kappa shape index (κ1) is 14.4. The molecule has 1 heterocycles. The van der Waals surface area contributed by atoms with Crippen molar-refractivity contribution in [3.8, 4) is 5.88 Å². The molecule has 96 valence electrons. The molecule has 0 aliphatic carbocycles. The first-order valence-corrected chi connectivity index (χ1v) is 5.25. The maximum absolute atomic E-state index is 12.5. The van der Waals surface area contributed by atoms with Crippen LogP contribution in [-0.4, -0.2) is 11.3 Å². The Hall–Kier alpha value is -0.710. The van der Waals surface area contributed by atoms with Gasteiger partial charge >= 0.3 is 6.36 Å². The molecule has 17 heavy (non-hydrogen) atoms. The van der Waals surface area contributed by atoms with Crippen LogP contribution in [0.15, 0.2) is 6.07 Å². The third-order valence-corrected chi connectivity index (χ3v) is 2.93. The second kappa shape index (κ2) is 5.29. The van der Waals surface area contributed by atoms with Crippen LogP contribution in [0.4, 0.5) is 22.0 Å². The van der Waals surface area contributed by atoms with Gasteiger partial charge in [-0.15, -0.1) is 13.2 Å². The fourth-order valence-electron chi connectivity index (χ4n) is 1.04. The topological polar surface area (TPSA) is 48.1 Å². The molecule has 9 heteroatoms. The molecule has 0 aliphatic rings. The van der Waals surface area contributed by atoms with Crippen molar-refractivity contribution in [1.29, 1.82) is 0 Å². The number of aromatic nitrogens is 1. The second-order valence-electron chi connectivity index (χ2n) is 2.86. The lowest BCUT2D eigenvalue weighted by Gasteiger charge is -2.12. The van der Waals surface area contributed by atoms with Crippen molar-refractivity contribution in [2.24, 2.45) is 5.73 Å². The number of hydrogen-bond donors (Lipinski definition) is 1. The van der Waals surface area contributed by atoms with E-state index in [1.807, 2.05) is 0 Å². The molecular weight excluding hydrogens is 362 g/mol. The summed E-state index contributed by atoms with van der Waals surface area (Å²) < 4.78 is 64.4. The number of alkyl halides is 5. The third-order valence-electron chi connectivity index (χ3n) is 1.68. The molecule has 2 N–H and O–H groups in total. The number of rotatable bonds is 3. The zero-order valence-electron chi connectivity index (χ0n) is 8.06. The van der Waals surface area contributed by atoms with E-state index in [0.29, 0.717) is 6.07 Å². The highest BCUT2D eigenvalue weighted by Gasteiger charge is 2.32. The summed E-state index contributed by atoms with van der Waals surface area (Å²) in [6.07, 6.45) is -7.91. The van der Waals surface area contributed by atoms with Gasteiger partial charge in [-0.05, 0) is 22.6 Å². The van der Waals surface area contributed by atoms with Gasteiger partial charge in [0.2, 0.25) is 5.88 Å². The largest absolute Gasteiger partial charge is 0.574 e. The van der Waals surface area contributed by atoms with E-state index in [0.717, 1.165) is 0 Å². The lowest BCUT2D eigenvalue weighted by molar-refractivity contribution is -0.276. The molecule has 0 amide bonds. The molecule has 0 radical (unpaired) electrons. The molecule has 0 saturated heterocycles. The molecule has 0 atom stereocenters. The van der Waals surface area contributed by atoms with Crippen molar-refractivity contribution in [2.75, 3.05) is 0 Å². The third kappa shape index (κ3) is 3.91. The fraction of sp³-hybridized carbons (Fsp3) is 0.375. The summed E-state index contributed by atoms with van der Waals surface area (Å²) in [4.78, 5) is 3.41. The number of halogens is 6. The van der Waals surface area contributed by atoms with Crippen LogP contribution in [0.5, 0.6) is 5.88 Å². The maximum atomic E-state index is 12.5. The summed E-state index contributed by atoms with van der Waals surface area (Å²) >= 11 is 1.55. The van der Waals surface area contributed by atoms with Crippen molar-refractivity contribution in [2.45, 2.75) is 19.3 Å². The van der Waals surface area contributed by atoms with Gasteiger partial charge in [0.05, 0.1) is 5.69 Å². The molecular formula is C8H6F5IN2O. The molecule has 1 aromatic heterocycles. The van der Waals surface area contributed by atoms with Gasteiger partial charge in [-0.25, -0.2) is 13.8 Å². The Morgan fingerprint density at radius 3 is 2.41 bits per heavy atom. The normalized spacial score (nSPS) is 12.0. The van der Waals surface area contributed by atoms with Crippen LogP contribution < -0.4 is 10.5 Å². The summed E-state index contributed by atoms with van der Waals surface area (Å²) in [5.74, 6) is -0.936. The van der Waals surface area contributed by atoms with Gasteiger partial charge in [-0.2, -0.15) is 0 Å². The Balaban J connectivity index is 3.21. The van der Waals surface area contributed by atoms with E-state index in [9.17, 15) is 22.0 Å². The van der Waals surface area contributed by atoms with Crippen LogP contribution in [0, 0.1) is 3.57 Å². The lowest BCUT2D eigenvalue weighted by atomic mass is 10.2. The highest BCUT2D eigenvalue weighted by atomic mass is 127. The van der Waals surface area contributed by atoms with Crippen LogP contribution in [0.3, 0.4) is 0 Å². The van der Waals surface area contributed by atoms with Crippen LogP contribution in [0.25, 0.3) is 0 Å². The zero-order chi connectivity index (χ0) is 13.2. The van der Waals surface area contributed by atoms with E-state index in [-0.39, 0.29) is 15.8 Å². The number of hydrogen-bond acceptors (Lipinski definition) is 3. The minimum atomic E-state index is -4.98. The predicted molar refractivity (Wildman–Crippen MR) is 56.5 cm³/mol. The second-order valence-corrected chi connectivity index (χ2v) is 3.94. The predicted octanol–water partition coefficient (Wildman–Crippen LogP) is 2.98. The highest BCUT2D eigenvalue weighted by molar-refractivity contribution is 14.1. The number of nitrogens with zero attached hydrogens (tertiary/aromatic N) is 1. The Labute approximate surface area is 106 Å². The average molecular weight is 368 g/mol. The lowest BCUT2D eigenvalue weighted by Crippen LogP contribution is -2.19. The number of ether oxygens (including phenoxy) is 1. The van der Waals surface area contributed by atoms with Gasteiger partial charge < -0.3 is 10.5 Å². The summed E-state index contributed by atoms with van der Waals surface area (Å²) in [5.41, 5.74) is 4.55. The van der Waals surface area contributed by atoms with Crippen molar-refractivity contribution in [3.63, 3.8) is 0 Å². The molecule has 0 spiro atoms. The Kier molecular flexibility index (Phi) is 4.47. The van der Waals surface area contributed by atoms with Crippen LogP contribution in [-0.2, 0) is 6.54 Å². The monoisotopic (exact) mass is 368 g/mol. The smallest absolute Gasteiger partial charge is 0.388 e. The summed E-state index contributed by atoms with van der Waals surface area (Å²) in [6, 6.07) is 0.555. The van der Waals surface area contributed by atoms with E-state index >= 15 is 0 Å². The van der Waals surface area contributed by atoms with E-state index in [1.54, 1.807) is 22.6 Å². The standard InChI is InChI=1S/C8H6F5IN2O/c9-7(10)3-1-5(17-8(11,12)13)16-4(2-15)6(3)14/h1,7H,2,15H2. The minimum Gasteiger partial charge on any atom is -0.388 e. The molecule has 0 saturated carbocycles. The van der Waals surface area contributed by atoms with E-state index < -0.39 is 24.2 Å². The van der Waals surface area contributed by atoms with E-state index in [1.165, 1.54) is 0 Å². The van der Waals surface area contributed by atoms with Crippen LogP contribution in [0.2, 0.25) is 0 Å². The summed E-state index contributed by atoms with van der Waals surface area (Å²) in [6.45, 7) is -0.257. The molecule has 0 fully saturated rings. The first-order valence-electron chi connectivity index (χ1n) is 4.18. The van der Waals surface area contributed by atoms with Gasteiger partial charge in [0.1, 0.15) is 0 Å². The zero-order valence-corrected chi connectivity index (χ0v) is 10.2. The quantitative estimate of drug-likeness (QED) is 0.659. The average Bonchev–Trinajstić information content (AvgIpc) is 2.17.